The standard InChI is InChI=1S/C17H16BrNO4/c1-11-6-7-14(13(18)8-11)19-16(21)10-23-17-12(9-20)4-3-5-15(17)22-2/h3-9H,10H2,1-2H3,(H,19,21). The van der Waals surface area contributed by atoms with Crippen LogP contribution in [0.3, 0.4) is 0 Å². The van der Waals surface area contributed by atoms with E-state index in [4.69, 9.17) is 9.47 Å². The van der Waals surface area contributed by atoms with Crippen LogP contribution in [0.4, 0.5) is 5.69 Å². The molecule has 0 spiro atoms. The fraction of sp³-hybridized carbons (Fsp3) is 0.176. The van der Waals surface area contributed by atoms with Crippen molar-refractivity contribution in [2.45, 2.75) is 6.92 Å². The van der Waals surface area contributed by atoms with E-state index in [0.29, 0.717) is 23.3 Å². The SMILES string of the molecule is COc1cccc(C=O)c1OCC(=O)Nc1ccc(C)cc1Br. The number of nitrogens with one attached hydrogen (secondary N) is 1. The van der Waals surface area contributed by atoms with Gasteiger partial charge in [-0.25, -0.2) is 0 Å². The van der Waals surface area contributed by atoms with Crippen LogP contribution in [0, 0.1) is 6.92 Å². The predicted molar refractivity (Wildman–Crippen MR) is 91.4 cm³/mol. The van der Waals surface area contributed by atoms with E-state index in [1.165, 1.54) is 7.11 Å². The molecule has 6 heteroatoms. The van der Waals surface area contributed by atoms with Crippen LogP contribution in [0.2, 0.25) is 0 Å². The average Bonchev–Trinajstić information content (AvgIpc) is 2.55. The van der Waals surface area contributed by atoms with Crippen molar-refractivity contribution in [2.75, 3.05) is 19.0 Å². The highest BCUT2D eigenvalue weighted by molar-refractivity contribution is 9.10. The zero-order valence-electron chi connectivity index (χ0n) is 12.8. The molecule has 0 saturated heterocycles. The molecule has 0 aliphatic carbocycles. The summed E-state index contributed by atoms with van der Waals surface area (Å²) in [7, 11) is 1.47. The highest BCUT2D eigenvalue weighted by Gasteiger charge is 2.13. The summed E-state index contributed by atoms with van der Waals surface area (Å²) in [5, 5.41) is 2.74. The summed E-state index contributed by atoms with van der Waals surface area (Å²) < 4.78 is 11.4. The Hall–Kier alpha value is -2.34. The second kappa shape index (κ2) is 7.78. The maximum Gasteiger partial charge on any atom is 0.262 e. The molecule has 5 nitrogen and oxygen atoms in total. The number of rotatable bonds is 6. The van der Waals surface area contributed by atoms with Crippen molar-refractivity contribution in [3.8, 4) is 11.5 Å². The van der Waals surface area contributed by atoms with Crippen LogP contribution >= 0.6 is 15.9 Å². The molecule has 0 atom stereocenters. The van der Waals surface area contributed by atoms with E-state index in [1.807, 2.05) is 19.1 Å². The average molecular weight is 378 g/mol. The Labute approximate surface area is 142 Å². The molecule has 23 heavy (non-hydrogen) atoms. The minimum absolute atomic E-state index is 0.235. The maximum atomic E-state index is 12.0. The number of halogens is 1. The van der Waals surface area contributed by atoms with E-state index in [9.17, 15) is 9.59 Å². The Morgan fingerprint density at radius 2 is 2.09 bits per heavy atom. The first-order valence-corrected chi connectivity index (χ1v) is 7.65. The summed E-state index contributed by atoms with van der Waals surface area (Å²) in [6.07, 6.45) is 0.659. The molecule has 0 heterocycles. The van der Waals surface area contributed by atoms with E-state index in [1.54, 1.807) is 24.3 Å². The molecule has 120 valence electrons. The van der Waals surface area contributed by atoms with E-state index in [0.717, 1.165) is 10.0 Å². The number of benzene rings is 2. The molecule has 0 aromatic heterocycles. The third-order valence-corrected chi connectivity index (χ3v) is 3.76. The molecule has 0 aliphatic heterocycles. The van der Waals surface area contributed by atoms with E-state index < -0.39 is 0 Å². The molecule has 0 aliphatic rings. The van der Waals surface area contributed by atoms with Crippen molar-refractivity contribution in [1.82, 2.24) is 0 Å². The summed E-state index contributed by atoms with van der Waals surface area (Å²) in [6, 6.07) is 10.5. The molecular formula is C17H16BrNO4. The number of hydrogen-bond acceptors (Lipinski definition) is 4. The monoisotopic (exact) mass is 377 g/mol. The van der Waals surface area contributed by atoms with Gasteiger partial charge in [0.25, 0.3) is 5.91 Å². The van der Waals surface area contributed by atoms with Gasteiger partial charge in [-0.1, -0.05) is 12.1 Å². The van der Waals surface area contributed by atoms with Gasteiger partial charge in [-0.05, 0) is 52.7 Å². The van der Waals surface area contributed by atoms with Gasteiger partial charge in [0, 0.05) is 4.47 Å². The lowest BCUT2D eigenvalue weighted by atomic mass is 10.2. The second-order valence-corrected chi connectivity index (χ2v) is 5.67. The van der Waals surface area contributed by atoms with Gasteiger partial charge in [0.15, 0.2) is 24.4 Å². The number of anilines is 1. The third-order valence-electron chi connectivity index (χ3n) is 3.10. The second-order valence-electron chi connectivity index (χ2n) is 4.82. The van der Waals surface area contributed by atoms with Gasteiger partial charge in [0.05, 0.1) is 18.4 Å². The van der Waals surface area contributed by atoms with Crippen LogP contribution < -0.4 is 14.8 Å². The number of methoxy groups -OCH3 is 1. The third kappa shape index (κ3) is 4.32. The topological polar surface area (TPSA) is 64.6 Å². The van der Waals surface area contributed by atoms with Crippen LogP contribution in [0.1, 0.15) is 15.9 Å². The van der Waals surface area contributed by atoms with Crippen molar-refractivity contribution in [3.63, 3.8) is 0 Å². The van der Waals surface area contributed by atoms with Crippen molar-refractivity contribution in [3.05, 3.63) is 52.0 Å². The largest absolute Gasteiger partial charge is 0.493 e. The first-order chi connectivity index (χ1) is 11.0. The normalized spacial score (nSPS) is 10.0. The Bertz CT molecular complexity index is 731. The number of hydrogen-bond donors (Lipinski definition) is 1. The zero-order valence-corrected chi connectivity index (χ0v) is 14.3. The van der Waals surface area contributed by atoms with Crippen LogP contribution in [0.25, 0.3) is 0 Å². The van der Waals surface area contributed by atoms with Gasteiger partial charge < -0.3 is 14.8 Å². The lowest BCUT2D eigenvalue weighted by molar-refractivity contribution is -0.118. The molecule has 0 saturated carbocycles. The van der Waals surface area contributed by atoms with Crippen LogP contribution in [-0.2, 0) is 4.79 Å². The van der Waals surface area contributed by atoms with Gasteiger partial charge >= 0.3 is 0 Å². The summed E-state index contributed by atoms with van der Waals surface area (Å²) >= 11 is 3.40. The number of carbonyl (C=O) groups excluding carboxylic acids is 2. The molecule has 1 N–H and O–H groups in total. The molecular weight excluding hydrogens is 362 g/mol. The van der Waals surface area contributed by atoms with Crippen molar-refractivity contribution in [1.29, 1.82) is 0 Å². The quantitative estimate of drug-likeness (QED) is 0.781. The molecule has 2 rings (SSSR count). The Balaban J connectivity index is 2.06. The highest BCUT2D eigenvalue weighted by Crippen LogP contribution is 2.30. The number of carbonyl (C=O) groups is 2. The minimum atomic E-state index is -0.336. The smallest absolute Gasteiger partial charge is 0.262 e. The number of ether oxygens (including phenoxy) is 2. The molecule has 0 unspecified atom stereocenters. The Kier molecular flexibility index (Phi) is 5.76. The number of amides is 1. The van der Waals surface area contributed by atoms with E-state index in [2.05, 4.69) is 21.2 Å². The lowest BCUT2D eigenvalue weighted by Gasteiger charge is -2.13. The minimum Gasteiger partial charge on any atom is -0.493 e. The van der Waals surface area contributed by atoms with Crippen LogP contribution in [0.15, 0.2) is 40.9 Å². The first-order valence-electron chi connectivity index (χ1n) is 6.86. The van der Waals surface area contributed by atoms with Gasteiger partial charge in [-0.3, -0.25) is 9.59 Å². The summed E-state index contributed by atoms with van der Waals surface area (Å²) in [6.45, 7) is 1.73. The summed E-state index contributed by atoms with van der Waals surface area (Å²) in [4.78, 5) is 23.1. The van der Waals surface area contributed by atoms with E-state index in [-0.39, 0.29) is 18.3 Å². The lowest BCUT2D eigenvalue weighted by Crippen LogP contribution is -2.21. The first kappa shape index (κ1) is 17.0. The molecule has 2 aromatic rings. The van der Waals surface area contributed by atoms with E-state index >= 15 is 0 Å². The van der Waals surface area contributed by atoms with Gasteiger partial charge in [-0.2, -0.15) is 0 Å². The molecule has 2 aromatic carbocycles. The number of aldehydes is 1. The van der Waals surface area contributed by atoms with Gasteiger partial charge in [0.1, 0.15) is 0 Å². The Morgan fingerprint density at radius 1 is 1.30 bits per heavy atom. The molecule has 0 fully saturated rings. The summed E-state index contributed by atoms with van der Waals surface area (Å²) in [5.41, 5.74) is 2.06. The number of para-hydroxylation sites is 1. The Morgan fingerprint density at radius 3 is 2.74 bits per heavy atom. The van der Waals surface area contributed by atoms with Crippen LogP contribution in [-0.4, -0.2) is 25.9 Å². The van der Waals surface area contributed by atoms with Gasteiger partial charge in [0.2, 0.25) is 0 Å². The van der Waals surface area contributed by atoms with Crippen LogP contribution in [0.5, 0.6) is 11.5 Å². The van der Waals surface area contributed by atoms with Crippen molar-refractivity contribution >= 4 is 33.8 Å². The summed E-state index contributed by atoms with van der Waals surface area (Å²) in [5.74, 6) is 0.319. The van der Waals surface area contributed by atoms with Crippen molar-refractivity contribution in [2.24, 2.45) is 0 Å². The highest BCUT2D eigenvalue weighted by atomic mass is 79.9. The van der Waals surface area contributed by atoms with Crippen molar-refractivity contribution < 1.29 is 19.1 Å². The maximum absolute atomic E-state index is 12.0. The fourth-order valence-corrected chi connectivity index (χ4v) is 2.58. The zero-order chi connectivity index (χ0) is 16.8. The molecule has 1 amide bonds. The van der Waals surface area contributed by atoms with Gasteiger partial charge in [-0.15, -0.1) is 0 Å². The molecule has 0 radical (unpaired) electrons. The number of aryl methyl sites for hydroxylation is 1. The molecule has 0 bridgehead atoms. The fourth-order valence-electron chi connectivity index (χ4n) is 1.99. The predicted octanol–water partition coefficient (Wildman–Crippen LogP) is 3.60.